The summed E-state index contributed by atoms with van der Waals surface area (Å²) in [6, 6.07) is 0. The van der Waals surface area contributed by atoms with Crippen molar-refractivity contribution in [2.24, 2.45) is 5.92 Å². The van der Waals surface area contributed by atoms with Crippen LogP contribution in [0.1, 0.15) is 50.6 Å². The average Bonchev–Trinajstić information content (AvgIpc) is 2.94. The van der Waals surface area contributed by atoms with Gasteiger partial charge in [0.05, 0.1) is 19.3 Å². The van der Waals surface area contributed by atoms with E-state index in [0.717, 1.165) is 0 Å². The fourth-order valence-corrected chi connectivity index (χ4v) is 3.76. The van der Waals surface area contributed by atoms with Crippen LogP contribution >= 0.6 is 0 Å². The molecule has 2 amide bonds. The second-order valence-electron chi connectivity index (χ2n) is 8.59. The molecule has 0 unspecified atom stereocenters. The summed E-state index contributed by atoms with van der Waals surface area (Å²) in [7, 11) is 1.26. The summed E-state index contributed by atoms with van der Waals surface area (Å²) < 4.78 is 41.3. The first-order valence-electron chi connectivity index (χ1n) is 9.77. The molecule has 1 aromatic heterocycles. The van der Waals surface area contributed by atoms with Gasteiger partial charge in [0.25, 0.3) is 5.92 Å². The van der Waals surface area contributed by atoms with Gasteiger partial charge in [0.1, 0.15) is 11.3 Å². The summed E-state index contributed by atoms with van der Waals surface area (Å²) in [5.74, 6) is -3.25. The molecule has 162 valence electrons. The van der Waals surface area contributed by atoms with Crippen LogP contribution in [0.2, 0.25) is 0 Å². The van der Waals surface area contributed by atoms with E-state index >= 15 is 8.78 Å². The Labute approximate surface area is 168 Å². The highest BCUT2D eigenvalue weighted by Crippen LogP contribution is 2.41. The maximum atomic E-state index is 15.0. The van der Waals surface area contributed by atoms with Gasteiger partial charge in [0, 0.05) is 38.0 Å². The molecule has 0 fully saturated rings. The van der Waals surface area contributed by atoms with Crippen LogP contribution in [0.3, 0.4) is 0 Å². The third-order valence-electron chi connectivity index (χ3n) is 5.12. The van der Waals surface area contributed by atoms with Gasteiger partial charge in [-0.05, 0) is 33.1 Å². The minimum Gasteiger partial charge on any atom is -0.453 e. The van der Waals surface area contributed by atoms with Gasteiger partial charge in [0.2, 0.25) is 0 Å². The molecule has 2 aliphatic heterocycles. The molecular formula is C19H28F2N4O4. The largest absolute Gasteiger partial charge is 0.453 e. The molecule has 0 spiro atoms. The van der Waals surface area contributed by atoms with E-state index in [-0.39, 0.29) is 44.1 Å². The van der Waals surface area contributed by atoms with Crippen LogP contribution in [-0.2, 0) is 34.9 Å². The predicted molar refractivity (Wildman–Crippen MR) is 99.6 cm³/mol. The standard InChI is InChI=1S/C19H28F2N4O4/c1-18(2,3)29-17(27)24-8-6-14-13(11-24)15-19(20,21)7-5-12(10-25(15)23-14)9-22-16(26)28-4/h12H,5-11H2,1-4H3,(H,22,26)/t12-/m1/s1. The highest BCUT2D eigenvalue weighted by Gasteiger charge is 2.44. The van der Waals surface area contributed by atoms with E-state index in [2.05, 4.69) is 15.2 Å². The van der Waals surface area contributed by atoms with Gasteiger partial charge in [-0.2, -0.15) is 13.9 Å². The SMILES string of the molecule is COC(=O)NC[C@H]1CCC(F)(F)c2c3c(nn2C1)CCN(C(=O)OC(C)(C)C)C3. The minimum atomic E-state index is -3.06. The maximum Gasteiger partial charge on any atom is 0.410 e. The Morgan fingerprint density at radius 2 is 2.07 bits per heavy atom. The maximum absolute atomic E-state index is 15.0. The van der Waals surface area contributed by atoms with Crippen molar-refractivity contribution in [1.29, 1.82) is 0 Å². The van der Waals surface area contributed by atoms with E-state index in [1.54, 1.807) is 20.8 Å². The lowest BCUT2D eigenvalue weighted by atomic mass is 9.98. The van der Waals surface area contributed by atoms with E-state index in [1.165, 1.54) is 16.7 Å². The first kappa shape index (κ1) is 21.3. The molecule has 0 bridgehead atoms. The van der Waals surface area contributed by atoms with Gasteiger partial charge in [-0.1, -0.05) is 0 Å². The number of methoxy groups -OCH3 is 1. The van der Waals surface area contributed by atoms with Crippen LogP contribution in [-0.4, -0.2) is 52.7 Å². The molecular weight excluding hydrogens is 386 g/mol. The Bertz CT molecular complexity index is 788. The third kappa shape index (κ3) is 4.79. The van der Waals surface area contributed by atoms with Crippen molar-refractivity contribution in [1.82, 2.24) is 20.0 Å². The topological polar surface area (TPSA) is 85.7 Å². The lowest BCUT2D eigenvalue weighted by Crippen LogP contribution is -2.40. The highest BCUT2D eigenvalue weighted by molar-refractivity contribution is 5.68. The predicted octanol–water partition coefficient (Wildman–Crippen LogP) is 3.03. The molecule has 0 radical (unpaired) electrons. The summed E-state index contributed by atoms with van der Waals surface area (Å²) in [5, 5.41) is 7.00. The summed E-state index contributed by atoms with van der Waals surface area (Å²) >= 11 is 0. The molecule has 0 saturated carbocycles. The molecule has 8 nitrogen and oxygen atoms in total. The Kier molecular flexibility index (Phi) is 5.73. The molecule has 10 heteroatoms. The zero-order chi connectivity index (χ0) is 21.4. The van der Waals surface area contributed by atoms with Crippen molar-refractivity contribution in [3.8, 4) is 0 Å². The smallest absolute Gasteiger partial charge is 0.410 e. The van der Waals surface area contributed by atoms with Gasteiger partial charge in [-0.15, -0.1) is 0 Å². The molecule has 3 heterocycles. The summed E-state index contributed by atoms with van der Waals surface area (Å²) in [6.45, 7) is 6.23. The van der Waals surface area contributed by atoms with Crippen LogP contribution < -0.4 is 5.32 Å². The zero-order valence-electron chi connectivity index (χ0n) is 17.3. The number of nitrogens with one attached hydrogen (secondary N) is 1. The second kappa shape index (κ2) is 7.79. The quantitative estimate of drug-likeness (QED) is 0.804. The van der Waals surface area contributed by atoms with E-state index in [9.17, 15) is 9.59 Å². The number of nitrogens with zero attached hydrogens (tertiary/aromatic N) is 3. The van der Waals surface area contributed by atoms with E-state index in [0.29, 0.717) is 24.2 Å². The van der Waals surface area contributed by atoms with Crippen LogP contribution in [0.25, 0.3) is 0 Å². The van der Waals surface area contributed by atoms with Crippen LogP contribution in [0.5, 0.6) is 0 Å². The summed E-state index contributed by atoms with van der Waals surface area (Å²) in [5.41, 5.74) is 0.230. The van der Waals surface area contributed by atoms with Gasteiger partial charge >= 0.3 is 12.2 Å². The number of hydrogen-bond donors (Lipinski definition) is 1. The van der Waals surface area contributed by atoms with Crippen molar-refractivity contribution in [2.75, 3.05) is 20.2 Å². The Balaban J connectivity index is 1.82. The van der Waals surface area contributed by atoms with Crippen LogP contribution in [0.15, 0.2) is 0 Å². The number of rotatable bonds is 2. The number of amides is 2. The molecule has 2 aliphatic rings. The number of ether oxygens (including phenoxy) is 2. The molecule has 1 N–H and O–H groups in total. The first-order chi connectivity index (χ1) is 13.5. The monoisotopic (exact) mass is 414 g/mol. The fraction of sp³-hybridized carbons (Fsp3) is 0.737. The molecule has 0 saturated heterocycles. The van der Waals surface area contributed by atoms with E-state index < -0.39 is 23.7 Å². The number of alkyl carbamates (subject to hydrolysis) is 1. The fourth-order valence-electron chi connectivity index (χ4n) is 3.76. The van der Waals surface area contributed by atoms with E-state index in [1.807, 2.05) is 0 Å². The van der Waals surface area contributed by atoms with Gasteiger partial charge < -0.3 is 19.7 Å². The Morgan fingerprint density at radius 1 is 1.34 bits per heavy atom. The second-order valence-corrected chi connectivity index (χ2v) is 8.59. The van der Waals surface area contributed by atoms with Gasteiger partial charge in [-0.25, -0.2) is 9.59 Å². The van der Waals surface area contributed by atoms with Crippen molar-refractivity contribution < 1.29 is 27.8 Å². The molecule has 0 aromatic carbocycles. The number of hydrogen-bond acceptors (Lipinski definition) is 5. The molecule has 1 aromatic rings. The summed E-state index contributed by atoms with van der Waals surface area (Å²) in [4.78, 5) is 25.2. The number of alkyl halides is 2. The van der Waals surface area contributed by atoms with Gasteiger partial charge in [-0.3, -0.25) is 4.68 Å². The van der Waals surface area contributed by atoms with Crippen LogP contribution in [0.4, 0.5) is 18.4 Å². The first-order valence-corrected chi connectivity index (χ1v) is 9.77. The van der Waals surface area contributed by atoms with Crippen molar-refractivity contribution >= 4 is 12.2 Å². The summed E-state index contributed by atoms with van der Waals surface area (Å²) in [6.07, 6.45) is -0.805. The number of carbonyl (C=O) groups is 2. The van der Waals surface area contributed by atoms with Crippen molar-refractivity contribution in [3.63, 3.8) is 0 Å². The van der Waals surface area contributed by atoms with Crippen molar-refractivity contribution in [3.05, 3.63) is 17.0 Å². The highest BCUT2D eigenvalue weighted by atomic mass is 19.3. The lowest BCUT2D eigenvalue weighted by molar-refractivity contribution is -0.0225. The zero-order valence-corrected chi connectivity index (χ0v) is 17.3. The number of fused-ring (bicyclic) bond motifs is 3. The molecule has 0 aliphatic carbocycles. The number of aromatic nitrogens is 2. The third-order valence-corrected chi connectivity index (χ3v) is 5.12. The Hall–Kier alpha value is -2.39. The molecule has 29 heavy (non-hydrogen) atoms. The number of halogens is 2. The normalized spacial score (nSPS) is 20.9. The van der Waals surface area contributed by atoms with Gasteiger partial charge in [0.15, 0.2) is 0 Å². The lowest BCUT2D eigenvalue weighted by Gasteiger charge is -2.30. The van der Waals surface area contributed by atoms with Crippen molar-refractivity contribution in [2.45, 2.75) is 64.6 Å². The minimum absolute atomic E-state index is 0.0558. The molecule has 1 atom stereocenters. The van der Waals surface area contributed by atoms with Crippen LogP contribution in [0, 0.1) is 5.92 Å². The number of carbonyl (C=O) groups excluding carboxylic acids is 2. The average molecular weight is 414 g/mol. The molecule has 3 rings (SSSR count). The van der Waals surface area contributed by atoms with E-state index in [4.69, 9.17) is 4.74 Å². The Morgan fingerprint density at radius 3 is 2.72 bits per heavy atom.